The van der Waals surface area contributed by atoms with Crippen molar-refractivity contribution in [1.82, 2.24) is 9.21 Å². The Balaban J connectivity index is 1.66. The average Bonchev–Trinajstić information content (AvgIpc) is 3.02. The van der Waals surface area contributed by atoms with Gasteiger partial charge in [-0.3, -0.25) is 4.90 Å². The van der Waals surface area contributed by atoms with Gasteiger partial charge >= 0.3 is 0 Å². The molecule has 2 saturated heterocycles. The molecule has 0 bridgehead atoms. The molecule has 4 rings (SSSR count). The van der Waals surface area contributed by atoms with Crippen molar-refractivity contribution < 1.29 is 8.42 Å². The standard InChI is InChI=1S/C17H20N2O2S/c20-22(21,19-11-10-18-9-3-6-16(18)13-19)17-8-7-14-4-1-2-5-15(14)12-17/h1-2,4-5,7-8,12,16H,3,6,9-11,13H2. The maximum atomic E-state index is 12.9. The zero-order valence-electron chi connectivity index (χ0n) is 12.5. The van der Waals surface area contributed by atoms with Crippen molar-refractivity contribution in [2.45, 2.75) is 23.8 Å². The molecule has 5 heteroatoms. The van der Waals surface area contributed by atoms with E-state index in [1.165, 1.54) is 6.42 Å². The van der Waals surface area contributed by atoms with E-state index in [0.29, 0.717) is 24.0 Å². The first-order valence-electron chi connectivity index (χ1n) is 7.88. The number of sulfonamides is 1. The van der Waals surface area contributed by atoms with Gasteiger partial charge in [0.2, 0.25) is 10.0 Å². The molecule has 1 unspecified atom stereocenters. The third kappa shape index (κ3) is 2.33. The predicted molar refractivity (Wildman–Crippen MR) is 87.3 cm³/mol. The summed E-state index contributed by atoms with van der Waals surface area (Å²) >= 11 is 0. The maximum Gasteiger partial charge on any atom is 0.243 e. The van der Waals surface area contributed by atoms with Gasteiger partial charge in [0.25, 0.3) is 0 Å². The molecule has 0 saturated carbocycles. The van der Waals surface area contributed by atoms with Crippen LogP contribution < -0.4 is 0 Å². The molecule has 0 radical (unpaired) electrons. The van der Waals surface area contributed by atoms with Gasteiger partial charge in [-0.25, -0.2) is 8.42 Å². The van der Waals surface area contributed by atoms with Crippen molar-refractivity contribution in [3.63, 3.8) is 0 Å². The highest BCUT2D eigenvalue weighted by atomic mass is 32.2. The maximum absolute atomic E-state index is 12.9. The number of benzene rings is 2. The Kier molecular flexibility index (Phi) is 3.44. The molecule has 0 N–H and O–H groups in total. The second-order valence-corrected chi connectivity index (χ2v) is 8.14. The van der Waals surface area contributed by atoms with Crippen molar-refractivity contribution in [3.05, 3.63) is 42.5 Å². The number of rotatable bonds is 2. The van der Waals surface area contributed by atoms with Crippen LogP contribution in [0.2, 0.25) is 0 Å². The quantitative estimate of drug-likeness (QED) is 0.854. The van der Waals surface area contributed by atoms with E-state index in [0.717, 1.165) is 30.3 Å². The Morgan fingerprint density at radius 3 is 2.64 bits per heavy atom. The molecule has 0 aliphatic carbocycles. The van der Waals surface area contributed by atoms with Crippen molar-refractivity contribution >= 4 is 20.8 Å². The van der Waals surface area contributed by atoms with E-state index >= 15 is 0 Å². The zero-order valence-corrected chi connectivity index (χ0v) is 13.3. The summed E-state index contributed by atoms with van der Waals surface area (Å²) in [7, 11) is -3.39. The van der Waals surface area contributed by atoms with Crippen LogP contribution in [-0.2, 0) is 10.0 Å². The molecule has 4 nitrogen and oxygen atoms in total. The van der Waals surface area contributed by atoms with E-state index in [1.807, 2.05) is 30.3 Å². The summed E-state index contributed by atoms with van der Waals surface area (Å²) in [5, 5.41) is 2.05. The highest BCUT2D eigenvalue weighted by molar-refractivity contribution is 7.89. The van der Waals surface area contributed by atoms with E-state index in [2.05, 4.69) is 4.90 Å². The van der Waals surface area contributed by atoms with E-state index in [4.69, 9.17) is 0 Å². The molecule has 2 heterocycles. The number of fused-ring (bicyclic) bond motifs is 2. The van der Waals surface area contributed by atoms with Gasteiger partial charge in [0, 0.05) is 25.7 Å². The molecular formula is C17H20N2O2S. The third-order valence-corrected chi connectivity index (χ3v) is 6.77. The van der Waals surface area contributed by atoms with E-state index in [-0.39, 0.29) is 0 Å². The van der Waals surface area contributed by atoms with Crippen LogP contribution in [0.4, 0.5) is 0 Å². The molecule has 22 heavy (non-hydrogen) atoms. The van der Waals surface area contributed by atoms with Crippen LogP contribution in [0.1, 0.15) is 12.8 Å². The average molecular weight is 316 g/mol. The van der Waals surface area contributed by atoms with Crippen molar-refractivity contribution in [2.75, 3.05) is 26.2 Å². The SMILES string of the molecule is O=S(=O)(c1ccc2ccccc2c1)N1CCN2CCCC2C1. The molecule has 2 aromatic rings. The highest BCUT2D eigenvalue weighted by Crippen LogP contribution is 2.27. The van der Waals surface area contributed by atoms with E-state index in [9.17, 15) is 8.42 Å². The van der Waals surface area contributed by atoms with Crippen LogP contribution in [0.25, 0.3) is 10.8 Å². The van der Waals surface area contributed by atoms with Gasteiger partial charge in [0.15, 0.2) is 0 Å². The fraction of sp³-hybridized carbons (Fsp3) is 0.412. The van der Waals surface area contributed by atoms with Crippen molar-refractivity contribution in [2.24, 2.45) is 0 Å². The van der Waals surface area contributed by atoms with Gasteiger partial charge in [-0.05, 0) is 42.3 Å². The third-order valence-electron chi connectivity index (χ3n) is 4.91. The summed E-state index contributed by atoms with van der Waals surface area (Å²) in [4.78, 5) is 2.84. The molecule has 0 spiro atoms. The fourth-order valence-corrected chi connectivity index (χ4v) is 5.16. The Morgan fingerprint density at radius 1 is 0.955 bits per heavy atom. The molecule has 0 amide bonds. The van der Waals surface area contributed by atoms with Crippen molar-refractivity contribution in [3.8, 4) is 0 Å². The Bertz CT molecular complexity index is 803. The number of piperazine rings is 1. The van der Waals surface area contributed by atoms with E-state index in [1.54, 1.807) is 16.4 Å². The first kappa shape index (κ1) is 14.2. The summed E-state index contributed by atoms with van der Waals surface area (Å²) in [5.74, 6) is 0. The molecule has 1 atom stereocenters. The monoisotopic (exact) mass is 316 g/mol. The van der Waals surface area contributed by atoms with Gasteiger partial charge in [0.05, 0.1) is 4.90 Å². The summed E-state index contributed by atoms with van der Waals surface area (Å²) in [6, 6.07) is 13.7. The normalized spacial score (nSPS) is 23.7. The van der Waals surface area contributed by atoms with Gasteiger partial charge in [-0.15, -0.1) is 0 Å². The smallest absolute Gasteiger partial charge is 0.243 e. The predicted octanol–water partition coefficient (Wildman–Crippen LogP) is 2.31. The van der Waals surface area contributed by atoms with Crippen molar-refractivity contribution in [1.29, 1.82) is 0 Å². The van der Waals surface area contributed by atoms with Crippen LogP contribution in [0.15, 0.2) is 47.4 Å². The van der Waals surface area contributed by atoms with Gasteiger partial charge < -0.3 is 0 Å². The second-order valence-electron chi connectivity index (χ2n) is 6.20. The lowest BCUT2D eigenvalue weighted by Crippen LogP contribution is -2.51. The Morgan fingerprint density at radius 2 is 1.77 bits per heavy atom. The highest BCUT2D eigenvalue weighted by Gasteiger charge is 2.36. The minimum Gasteiger partial charge on any atom is -0.298 e. The summed E-state index contributed by atoms with van der Waals surface area (Å²) in [6.45, 7) is 3.22. The van der Waals surface area contributed by atoms with Gasteiger partial charge in [0.1, 0.15) is 0 Å². The summed E-state index contributed by atoms with van der Waals surface area (Å²) in [6.07, 6.45) is 2.30. The van der Waals surface area contributed by atoms with Crippen LogP contribution >= 0.6 is 0 Å². The first-order chi connectivity index (χ1) is 10.6. The Hall–Kier alpha value is -1.43. The van der Waals surface area contributed by atoms with Gasteiger partial charge in [-0.1, -0.05) is 30.3 Å². The summed E-state index contributed by atoms with van der Waals surface area (Å²) in [5.41, 5.74) is 0. The second kappa shape index (κ2) is 5.33. The minimum atomic E-state index is -3.39. The minimum absolute atomic E-state index is 0.406. The molecule has 2 aliphatic heterocycles. The lowest BCUT2D eigenvalue weighted by atomic mass is 10.1. The van der Waals surface area contributed by atoms with Gasteiger partial charge in [-0.2, -0.15) is 4.31 Å². The molecule has 0 aromatic heterocycles. The van der Waals surface area contributed by atoms with Crippen LogP contribution in [0.5, 0.6) is 0 Å². The Labute approximate surface area is 131 Å². The number of hydrogen-bond donors (Lipinski definition) is 0. The first-order valence-corrected chi connectivity index (χ1v) is 9.32. The lowest BCUT2D eigenvalue weighted by molar-refractivity contribution is 0.158. The molecule has 2 fully saturated rings. The molecule has 2 aliphatic rings. The number of nitrogens with zero attached hydrogens (tertiary/aromatic N) is 2. The van der Waals surface area contributed by atoms with E-state index < -0.39 is 10.0 Å². The topological polar surface area (TPSA) is 40.6 Å². The zero-order chi connectivity index (χ0) is 15.2. The summed E-state index contributed by atoms with van der Waals surface area (Å²) < 4.78 is 27.5. The lowest BCUT2D eigenvalue weighted by Gasteiger charge is -2.36. The fourth-order valence-electron chi connectivity index (χ4n) is 3.66. The molecule has 2 aromatic carbocycles. The number of hydrogen-bond acceptors (Lipinski definition) is 3. The van der Waals surface area contributed by atoms with Crippen LogP contribution in [-0.4, -0.2) is 49.8 Å². The van der Waals surface area contributed by atoms with Crippen LogP contribution in [0, 0.1) is 0 Å². The molecule has 116 valence electrons. The van der Waals surface area contributed by atoms with Crippen LogP contribution in [0.3, 0.4) is 0 Å². The largest absolute Gasteiger partial charge is 0.298 e. The molecular weight excluding hydrogens is 296 g/mol.